The molecule has 0 aliphatic carbocycles. The third-order valence-corrected chi connectivity index (χ3v) is 5.42. The molecule has 0 spiro atoms. The molecule has 0 saturated heterocycles. The van der Waals surface area contributed by atoms with Crippen LogP contribution >= 0.6 is 20.2 Å². The minimum atomic E-state index is -1.62. The van der Waals surface area contributed by atoms with Gasteiger partial charge in [0.25, 0.3) is 0 Å². The fourth-order valence-electron chi connectivity index (χ4n) is 1.81. The maximum absolute atomic E-state index is 11.4. The van der Waals surface area contributed by atoms with Crippen LogP contribution in [0.1, 0.15) is 19.8 Å². The summed E-state index contributed by atoms with van der Waals surface area (Å²) in [6.07, 6.45) is 0.963. The molecule has 106 valence electrons. The van der Waals surface area contributed by atoms with Gasteiger partial charge in [0.2, 0.25) is 0 Å². The number of thioether (sulfide) groups is 1. The maximum atomic E-state index is 11.4. The van der Waals surface area contributed by atoms with Crippen molar-refractivity contribution < 1.29 is 19.6 Å². The Morgan fingerprint density at radius 1 is 1.42 bits per heavy atom. The van der Waals surface area contributed by atoms with E-state index in [1.54, 1.807) is 0 Å². The first-order valence-electron chi connectivity index (χ1n) is 6.13. The minimum absolute atomic E-state index is 0.132. The van der Waals surface area contributed by atoms with Gasteiger partial charge in [-0.3, -0.25) is 4.79 Å². The van der Waals surface area contributed by atoms with Gasteiger partial charge in [0, 0.05) is 10.6 Å². The number of carboxylic acid groups (broad SMARTS) is 1. The Morgan fingerprint density at radius 2 is 2.05 bits per heavy atom. The highest BCUT2D eigenvalue weighted by molar-refractivity contribution is 7.99. The lowest BCUT2D eigenvalue weighted by Crippen LogP contribution is -2.39. The van der Waals surface area contributed by atoms with Gasteiger partial charge in [0.05, 0.1) is 14.4 Å². The molecule has 0 radical (unpaired) electrons. The summed E-state index contributed by atoms with van der Waals surface area (Å²) < 4.78 is 11.4. The van der Waals surface area contributed by atoms with E-state index < -0.39 is 25.7 Å². The van der Waals surface area contributed by atoms with Crippen LogP contribution in [0, 0.1) is 5.92 Å². The smallest absolute Gasteiger partial charge is 0.309 e. The molecular weight excluding hydrogens is 283 g/mol. The fourth-order valence-corrected chi connectivity index (χ4v) is 3.75. The summed E-state index contributed by atoms with van der Waals surface area (Å²) in [5.41, 5.74) is 0. The molecule has 1 rings (SSSR count). The number of hydrogen-bond acceptors (Lipinski definition) is 4. The number of benzene rings is 1. The highest BCUT2D eigenvalue weighted by atomic mass is 32.2. The summed E-state index contributed by atoms with van der Waals surface area (Å²) in [5.74, 6) is -1.92. The Labute approximate surface area is 118 Å². The van der Waals surface area contributed by atoms with Crippen LogP contribution in [-0.4, -0.2) is 27.3 Å². The summed E-state index contributed by atoms with van der Waals surface area (Å²) in [6, 6.07) is 9.37. The summed E-state index contributed by atoms with van der Waals surface area (Å²) in [6.45, 7) is 1.85. The average molecular weight is 302 g/mol. The molecule has 3 unspecified atom stereocenters. The van der Waals surface area contributed by atoms with Crippen LogP contribution in [0.15, 0.2) is 35.2 Å². The summed E-state index contributed by atoms with van der Waals surface area (Å²) in [4.78, 5) is 12.1. The van der Waals surface area contributed by atoms with Crippen LogP contribution < -0.4 is 0 Å². The molecule has 3 atom stereocenters. The average Bonchev–Trinajstić information content (AvgIpc) is 2.43. The molecule has 0 aromatic heterocycles. The van der Waals surface area contributed by atoms with Crippen LogP contribution in [0.2, 0.25) is 0 Å². The molecule has 19 heavy (non-hydrogen) atoms. The second-order valence-corrected chi connectivity index (χ2v) is 6.67. The lowest BCUT2D eigenvalue weighted by Gasteiger charge is -2.28. The summed E-state index contributed by atoms with van der Waals surface area (Å²) in [7, 11) is -1.58. The lowest BCUT2D eigenvalue weighted by atomic mass is 9.98. The van der Waals surface area contributed by atoms with Gasteiger partial charge in [-0.05, 0) is 18.6 Å². The van der Waals surface area contributed by atoms with Crippen molar-refractivity contribution in [3.8, 4) is 0 Å². The second-order valence-electron chi connectivity index (χ2n) is 4.39. The van der Waals surface area contributed by atoms with Gasteiger partial charge in [-0.25, -0.2) is 0 Å². The number of carboxylic acids is 1. The van der Waals surface area contributed by atoms with Gasteiger partial charge >= 0.3 is 5.97 Å². The van der Waals surface area contributed by atoms with Gasteiger partial charge < -0.3 is 14.8 Å². The maximum Gasteiger partial charge on any atom is 0.309 e. The van der Waals surface area contributed by atoms with Gasteiger partial charge in [-0.2, -0.15) is 0 Å². The predicted octanol–water partition coefficient (Wildman–Crippen LogP) is 2.72. The van der Waals surface area contributed by atoms with E-state index in [9.17, 15) is 19.6 Å². The number of hydrogen-bond donors (Lipinski definition) is 2. The molecule has 6 heteroatoms. The zero-order chi connectivity index (χ0) is 14.3. The highest BCUT2D eigenvalue weighted by Crippen LogP contribution is 2.37. The molecule has 1 aromatic rings. The molecule has 4 nitrogen and oxygen atoms in total. The van der Waals surface area contributed by atoms with E-state index in [1.165, 1.54) is 11.8 Å². The molecule has 0 heterocycles. The molecule has 0 amide bonds. The molecule has 0 aliphatic rings. The van der Waals surface area contributed by atoms with Crippen LogP contribution in [-0.2, 0) is 9.36 Å². The first-order valence-corrected chi connectivity index (χ1v) is 8.16. The molecule has 0 saturated carbocycles. The van der Waals surface area contributed by atoms with Crippen LogP contribution in [0.3, 0.4) is 0 Å². The quantitative estimate of drug-likeness (QED) is 0.570. The molecular formula is C13H19O4PS. The van der Waals surface area contributed by atoms with Gasteiger partial charge in [0.1, 0.15) is 5.34 Å². The SMILES string of the molecule is CCCC(C(=O)O)C(O)(CSc1ccccc1)[PH2]=O. The Balaban J connectivity index is 2.78. The normalized spacial score (nSPS) is 16.3. The molecule has 2 N–H and O–H groups in total. The van der Waals surface area contributed by atoms with Crippen molar-refractivity contribution in [2.45, 2.75) is 30.0 Å². The fraction of sp³-hybridized carbons (Fsp3) is 0.462. The minimum Gasteiger partial charge on any atom is -0.481 e. The monoisotopic (exact) mass is 302 g/mol. The van der Waals surface area contributed by atoms with Crippen molar-refractivity contribution >= 4 is 26.2 Å². The molecule has 1 aromatic carbocycles. The number of rotatable bonds is 8. The van der Waals surface area contributed by atoms with E-state index in [2.05, 4.69) is 0 Å². The van der Waals surface area contributed by atoms with Crippen molar-refractivity contribution in [2.24, 2.45) is 5.92 Å². The first kappa shape index (κ1) is 16.3. The van der Waals surface area contributed by atoms with E-state index in [1.807, 2.05) is 37.3 Å². The Kier molecular flexibility index (Phi) is 6.63. The number of carbonyl (C=O) groups is 1. The summed E-state index contributed by atoms with van der Waals surface area (Å²) in [5, 5.41) is 17.9. The Hall–Kier alpha value is -0.770. The van der Waals surface area contributed by atoms with Crippen molar-refractivity contribution in [1.82, 2.24) is 0 Å². The van der Waals surface area contributed by atoms with Crippen LogP contribution in [0.4, 0.5) is 0 Å². The standard InChI is InChI=1S/C13H19O4PS/c1-2-6-11(12(14)15)13(16,18-17)9-19-10-7-4-3-5-8-10/h3-5,7-8,11,16H,2,6,9,18H2,1H3,(H,14,15). The second kappa shape index (κ2) is 7.73. The van der Waals surface area contributed by atoms with Crippen molar-refractivity contribution in [3.63, 3.8) is 0 Å². The topological polar surface area (TPSA) is 74.6 Å². The highest BCUT2D eigenvalue weighted by Gasteiger charge is 2.40. The molecule has 0 bridgehead atoms. The van der Waals surface area contributed by atoms with Crippen molar-refractivity contribution in [3.05, 3.63) is 30.3 Å². The third kappa shape index (κ3) is 4.68. The zero-order valence-electron chi connectivity index (χ0n) is 10.8. The lowest BCUT2D eigenvalue weighted by molar-refractivity contribution is -0.146. The third-order valence-electron chi connectivity index (χ3n) is 2.90. The van der Waals surface area contributed by atoms with Crippen molar-refractivity contribution in [2.75, 3.05) is 5.75 Å². The van der Waals surface area contributed by atoms with Crippen LogP contribution in [0.25, 0.3) is 0 Å². The van der Waals surface area contributed by atoms with E-state index in [0.29, 0.717) is 12.8 Å². The number of aliphatic hydroxyl groups is 1. The van der Waals surface area contributed by atoms with Gasteiger partial charge in [-0.15, -0.1) is 11.8 Å². The molecule has 0 aliphatic heterocycles. The van der Waals surface area contributed by atoms with E-state index in [4.69, 9.17) is 0 Å². The van der Waals surface area contributed by atoms with E-state index in [0.717, 1.165) is 4.90 Å². The Morgan fingerprint density at radius 3 is 2.53 bits per heavy atom. The van der Waals surface area contributed by atoms with Gasteiger partial charge in [0.15, 0.2) is 0 Å². The van der Waals surface area contributed by atoms with Gasteiger partial charge in [-0.1, -0.05) is 31.5 Å². The number of aliphatic carboxylic acids is 1. The zero-order valence-corrected chi connectivity index (χ0v) is 12.8. The molecule has 0 fully saturated rings. The first-order chi connectivity index (χ1) is 9.03. The van der Waals surface area contributed by atoms with E-state index in [-0.39, 0.29) is 5.75 Å². The van der Waals surface area contributed by atoms with E-state index >= 15 is 0 Å². The largest absolute Gasteiger partial charge is 0.481 e. The Bertz CT molecular complexity index is 426. The van der Waals surface area contributed by atoms with Crippen molar-refractivity contribution in [1.29, 1.82) is 0 Å². The predicted molar refractivity (Wildman–Crippen MR) is 78.5 cm³/mol. The summed E-state index contributed by atoms with van der Waals surface area (Å²) >= 11 is 1.33. The van der Waals surface area contributed by atoms with Crippen LogP contribution in [0.5, 0.6) is 0 Å².